The largest absolute Gasteiger partial charge is 0.497 e. The molecule has 1 amide bonds. The second-order valence-electron chi connectivity index (χ2n) is 11.2. The van der Waals surface area contributed by atoms with E-state index in [9.17, 15) is 4.79 Å². The van der Waals surface area contributed by atoms with E-state index in [1.54, 1.807) is 31.4 Å². The lowest BCUT2D eigenvalue weighted by Crippen LogP contribution is -2.50. The van der Waals surface area contributed by atoms with Gasteiger partial charge in [-0.15, -0.1) is 0 Å². The van der Waals surface area contributed by atoms with Crippen molar-refractivity contribution in [2.75, 3.05) is 20.3 Å². The summed E-state index contributed by atoms with van der Waals surface area (Å²) in [7, 11) is 1.59. The molecule has 4 aromatic carbocycles. The number of aliphatic hydroxyl groups is 1. The standard InChI is InChI=1S/C36H36N8O5/c1-47-30-15-11-25(12-16-30)22-39-35(46)36(21-27-7-2-3-8-28(27)23-40-43-37)33(32-10-5-4-9-29(32)24-41-44-38)49-34(42-36)26-13-17-31(18-14-26)48-20-6-19-45/h2-5,7-18,33,45H,6,19-24H2,1H3,(H,39,46)/t33-,36-/m1/s1. The van der Waals surface area contributed by atoms with Gasteiger partial charge >= 0.3 is 0 Å². The predicted octanol–water partition coefficient (Wildman–Crippen LogP) is 6.89. The van der Waals surface area contributed by atoms with Crippen LogP contribution in [0.4, 0.5) is 0 Å². The Balaban J connectivity index is 1.63. The first kappa shape index (κ1) is 34.3. The highest BCUT2D eigenvalue weighted by atomic mass is 16.5. The minimum absolute atomic E-state index is 0.0277. The summed E-state index contributed by atoms with van der Waals surface area (Å²) in [5.41, 5.74) is 21.0. The van der Waals surface area contributed by atoms with Crippen molar-refractivity contribution in [1.29, 1.82) is 0 Å². The Hall–Kier alpha value is -6.00. The molecule has 0 unspecified atom stereocenters. The molecule has 1 heterocycles. The molecular formula is C36H36N8O5. The zero-order valence-corrected chi connectivity index (χ0v) is 27.0. The number of benzene rings is 4. The molecule has 5 rings (SSSR count). The molecule has 2 atom stereocenters. The number of hydrogen-bond donors (Lipinski definition) is 2. The van der Waals surface area contributed by atoms with Gasteiger partial charge in [-0.3, -0.25) is 4.79 Å². The van der Waals surface area contributed by atoms with Gasteiger partial charge in [0.05, 0.1) is 26.8 Å². The second-order valence-corrected chi connectivity index (χ2v) is 11.2. The SMILES string of the molecule is COc1ccc(CNC(=O)[C@]2(Cc3ccccc3CN=[N+]=[N-])N=C(c3ccc(OCCCO)cc3)O[C@@H]2c2ccccc2CN=[N+]=[N-])cc1. The van der Waals surface area contributed by atoms with Crippen LogP contribution in [0.25, 0.3) is 20.9 Å². The first-order valence-corrected chi connectivity index (χ1v) is 15.7. The summed E-state index contributed by atoms with van der Waals surface area (Å²) >= 11 is 0. The van der Waals surface area contributed by atoms with Crippen molar-refractivity contribution in [2.45, 2.75) is 44.1 Å². The minimum Gasteiger partial charge on any atom is -0.497 e. The fraction of sp³-hybridized carbons (Fsp3) is 0.278. The highest BCUT2D eigenvalue weighted by Crippen LogP contribution is 2.44. The topological polar surface area (TPSA) is 187 Å². The zero-order chi connectivity index (χ0) is 34.5. The van der Waals surface area contributed by atoms with Crippen molar-refractivity contribution in [2.24, 2.45) is 15.2 Å². The number of aliphatic hydroxyl groups excluding tert-OH is 1. The van der Waals surface area contributed by atoms with E-state index in [2.05, 4.69) is 25.4 Å². The van der Waals surface area contributed by atoms with Gasteiger partial charge in [-0.05, 0) is 75.3 Å². The lowest BCUT2D eigenvalue weighted by atomic mass is 9.79. The van der Waals surface area contributed by atoms with Crippen LogP contribution in [-0.4, -0.2) is 42.8 Å². The number of carbonyl (C=O) groups excluding carboxylic acids is 1. The fourth-order valence-electron chi connectivity index (χ4n) is 5.66. The molecule has 0 spiro atoms. The molecule has 0 bridgehead atoms. The summed E-state index contributed by atoms with van der Waals surface area (Å²) < 4.78 is 17.7. The number of hydrogen-bond acceptors (Lipinski definition) is 8. The number of rotatable bonds is 16. The van der Waals surface area contributed by atoms with E-state index in [1.165, 1.54) is 0 Å². The van der Waals surface area contributed by atoms with Gasteiger partial charge in [0, 0.05) is 41.4 Å². The molecule has 2 N–H and O–H groups in total. The molecule has 0 aliphatic carbocycles. The summed E-state index contributed by atoms with van der Waals surface area (Å²) in [6.07, 6.45) is -0.328. The molecule has 4 aromatic rings. The summed E-state index contributed by atoms with van der Waals surface area (Å²) in [4.78, 5) is 25.8. The normalized spacial score (nSPS) is 16.4. The third-order valence-corrected chi connectivity index (χ3v) is 8.17. The van der Waals surface area contributed by atoms with Gasteiger partial charge in [-0.25, -0.2) is 4.99 Å². The first-order chi connectivity index (χ1) is 24.0. The number of methoxy groups -OCH3 is 1. The zero-order valence-electron chi connectivity index (χ0n) is 27.0. The number of nitrogens with zero attached hydrogens (tertiary/aromatic N) is 7. The van der Waals surface area contributed by atoms with E-state index in [0.717, 1.165) is 16.7 Å². The summed E-state index contributed by atoms with van der Waals surface area (Å²) in [6.45, 7) is 0.731. The van der Waals surface area contributed by atoms with E-state index >= 15 is 0 Å². The van der Waals surface area contributed by atoms with E-state index in [1.807, 2.05) is 72.8 Å². The monoisotopic (exact) mass is 660 g/mol. The molecule has 0 aromatic heterocycles. The maximum Gasteiger partial charge on any atom is 0.252 e. The van der Waals surface area contributed by atoms with Gasteiger partial charge in [0.25, 0.3) is 5.91 Å². The summed E-state index contributed by atoms with van der Waals surface area (Å²) in [5.74, 6) is 1.17. The molecular weight excluding hydrogens is 624 g/mol. The Morgan fingerprint density at radius 2 is 1.53 bits per heavy atom. The van der Waals surface area contributed by atoms with Crippen LogP contribution in [0.15, 0.2) is 112 Å². The van der Waals surface area contributed by atoms with Crippen LogP contribution >= 0.6 is 0 Å². The Kier molecular flexibility index (Phi) is 11.7. The number of amides is 1. The molecule has 49 heavy (non-hydrogen) atoms. The van der Waals surface area contributed by atoms with Crippen molar-refractivity contribution in [3.8, 4) is 11.5 Å². The van der Waals surface area contributed by atoms with Crippen LogP contribution in [-0.2, 0) is 35.6 Å². The van der Waals surface area contributed by atoms with Crippen LogP contribution in [0, 0.1) is 0 Å². The number of carbonyl (C=O) groups is 1. The van der Waals surface area contributed by atoms with Gasteiger partial charge < -0.3 is 24.6 Å². The lowest BCUT2D eigenvalue weighted by molar-refractivity contribution is -0.129. The molecule has 0 saturated heterocycles. The second kappa shape index (κ2) is 16.7. The van der Waals surface area contributed by atoms with Crippen LogP contribution < -0.4 is 14.8 Å². The van der Waals surface area contributed by atoms with Crippen molar-refractivity contribution in [3.05, 3.63) is 151 Å². The minimum atomic E-state index is -1.54. The van der Waals surface area contributed by atoms with Gasteiger partial charge in [0.2, 0.25) is 5.90 Å². The van der Waals surface area contributed by atoms with Gasteiger partial charge in [-0.2, -0.15) is 0 Å². The highest BCUT2D eigenvalue weighted by molar-refractivity contribution is 6.01. The Bertz CT molecular complexity index is 1870. The van der Waals surface area contributed by atoms with Crippen LogP contribution in [0.2, 0.25) is 0 Å². The van der Waals surface area contributed by atoms with E-state index < -0.39 is 11.6 Å². The average Bonchev–Trinajstić information content (AvgIpc) is 3.53. The number of nitrogens with one attached hydrogen (secondary N) is 1. The van der Waals surface area contributed by atoms with Crippen LogP contribution in [0.1, 0.15) is 45.9 Å². The number of ether oxygens (including phenoxy) is 3. The van der Waals surface area contributed by atoms with Crippen molar-refractivity contribution in [1.82, 2.24) is 5.32 Å². The smallest absolute Gasteiger partial charge is 0.252 e. The molecule has 0 saturated carbocycles. The predicted molar refractivity (Wildman–Crippen MR) is 184 cm³/mol. The molecule has 1 aliphatic rings. The van der Waals surface area contributed by atoms with Crippen molar-refractivity contribution < 1.29 is 24.1 Å². The molecule has 0 radical (unpaired) electrons. The Labute approximate surface area is 283 Å². The maximum absolute atomic E-state index is 14.8. The van der Waals surface area contributed by atoms with E-state index in [4.69, 9.17) is 35.4 Å². The van der Waals surface area contributed by atoms with E-state index in [-0.39, 0.29) is 44.5 Å². The summed E-state index contributed by atoms with van der Waals surface area (Å²) in [6, 6.07) is 29.4. The molecule has 1 aliphatic heterocycles. The van der Waals surface area contributed by atoms with E-state index in [0.29, 0.717) is 41.2 Å². The number of azide groups is 2. The van der Waals surface area contributed by atoms with Gasteiger partial charge in [-0.1, -0.05) is 70.9 Å². The van der Waals surface area contributed by atoms with Crippen molar-refractivity contribution >= 4 is 11.8 Å². The Morgan fingerprint density at radius 3 is 2.20 bits per heavy atom. The number of aliphatic imine (C=N–C) groups is 1. The molecule has 250 valence electrons. The molecule has 13 heteroatoms. The molecule has 13 nitrogen and oxygen atoms in total. The van der Waals surface area contributed by atoms with Crippen molar-refractivity contribution in [3.63, 3.8) is 0 Å². The fourth-order valence-corrected chi connectivity index (χ4v) is 5.66. The lowest BCUT2D eigenvalue weighted by Gasteiger charge is -2.32. The highest BCUT2D eigenvalue weighted by Gasteiger charge is 2.54. The van der Waals surface area contributed by atoms with Crippen LogP contribution in [0.5, 0.6) is 11.5 Å². The van der Waals surface area contributed by atoms with Gasteiger partial charge in [0.15, 0.2) is 11.6 Å². The Morgan fingerprint density at radius 1 is 0.898 bits per heavy atom. The average molecular weight is 661 g/mol. The van der Waals surface area contributed by atoms with Crippen LogP contribution in [0.3, 0.4) is 0 Å². The van der Waals surface area contributed by atoms with Gasteiger partial charge in [0.1, 0.15) is 11.5 Å². The third kappa shape index (κ3) is 8.30. The maximum atomic E-state index is 14.8. The first-order valence-electron chi connectivity index (χ1n) is 15.7. The molecule has 0 fully saturated rings. The quantitative estimate of drug-likeness (QED) is 0.0572. The third-order valence-electron chi connectivity index (χ3n) is 8.17. The summed E-state index contributed by atoms with van der Waals surface area (Å²) in [5, 5.41) is 19.8.